The van der Waals surface area contributed by atoms with Crippen LogP contribution in [0.1, 0.15) is 15.9 Å². The lowest BCUT2D eigenvalue weighted by Gasteiger charge is -2.15. The van der Waals surface area contributed by atoms with Gasteiger partial charge in [0.05, 0.1) is 14.2 Å². The van der Waals surface area contributed by atoms with Gasteiger partial charge in [-0.3, -0.25) is 0 Å². The number of methoxy groups -OCH3 is 2. The molecule has 0 unspecified atom stereocenters. The molecule has 0 aliphatic carbocycles. The highest BCUT2D eigenvalue weighted by Gasteiger charge is 2.37. The number of anilines is 1. The van der Waals surface area contributed by atoms with Crippen LogP contribution in [0.25, 0.3) is 0 Å². The Morgan fingerprint density at radius 3 is 2.29 bits per heavy atom. The van der Waals surface area contributed by atoms with Gasteiger partial charge in [-0.05, 0) is 12.1 Å². The second-order valence-electron chi connectivity index (χ2n) is 3.14. The molecule has 0 aromatic heterocycles. The molecule has 4 nitrogen and oxygen atoms in total. The van der Waals surface area contributed by atoms with Crippen LogP contribution >= 0.6 is 0 Å². The summed E-state index contributed by atoms with van der Waals surface area (Å²) < 4.78 is 47.0. The molecular weight excluding hydrogens is 239 g/mol. The minimum atomic E-state index is -4.66. The monoisotopic (exact) mass is 249 g/mol. The van der Waals surface area contributed by atoms with Crippen molar-refractivity contribution in [3.63, 3.8) is 0 Å². The van der Waals surface area contributed by atoms with E-state index in [0.717, 1.165) is 20.3 Å². The number of benzene rings is 1. The molecule has 2 N–H and O–H groups in total. The molecular formula is C10H10F3NO3. The van der Waals surface area contributed by atoms with Gasteiger partial charge in [0, 0.05) is 5.69 Å². The van der Waals surface area contributed by atoms with Gasteiger partial charge in [0.1, 0.15) is 16.9 Å². The van der Waals surface area contributed by atoms with Gasteiger partial charge in [-0.25, -0.2) is 4.79 Å². The van der Waals surface area contributed by atoms with Gasteiger partial charge in [-0.1, -0.05) is 0 Å². The number of esters is 1. The van der Waals surface area contributed by atoms with Crippen molar-refractivity contribution >= 4 is 11.7 Å². The van der Waals surface area contributed by atoms with Crippen molar-refractivity contribution in [1.82, 2.24) is 0 Å². The van der Waals surface area contributed by atoms with Crippen LogP contribution in [0.4, 0.5) is 18.9 Å². The molecule has 0 amide bonds. The number of hydrogen-bond acceptors (Lipinski definition) is 4. The molecule has 0 atom stereocenters. The third-order valence-corrected chi connectivity index (χ3v) is 2.03. The number of carbonyl (C=O) groups is 1. The van der Waals surface area contributed by atoms with E-state index in [9.17, 15) is 18.0 Å². The molecule has 0 radical (unpaired) electrons. The minimum absolute atomic E-state index is 0.196. The highest BCUT2D eigenvalue weighted by atomic mass is 19.4. The summed E-state index contributed by atoms with van der Waals surface area (Å²) in [6.45, 7) is 0. The third-order valence-electron chi connectivity index (χ3n) is 2.03. The summed E-state index contributed by atoms with van der Waals surface area (Å²) in [7, 11) is 2.09. The number of alkyl halides is 3. The standard InChI is InChI=1S/C10H10F3NO3/c1-16-8-6(9(15)17-2)3-5(14)4-7(8)10(11,12)13/h3-4H,14H2,1-2H3. The minimum Gasteiger partial charge on any atom is -0.495 e. The molecule has 1 aromatic rings. The molecule has 0 fully saturated rings. The quantitative estimate of drug-likeness (QED) is 0.644. The number of carbonyl (C=O) groups excluding carboxylic acids is 1. The average molecular weight is 249 g/mol. The van der Waals surface area contributed by atoms with Crippen LogP contribution < -0.4 is 10.5 Å². The van der Waals surface area contributed by atoms with Crippen LogP contribution in [0.3, 0.4) is 0 Å². The van der Waals surface area contributed by atoms with E-state index in [2.05, 4.69) is 9.47 Å². The Morgan fingerprint density at radius 2 is 1.88 bits per heavy atom. The van der Waals surface area contributed by atoms with Crippen molar-refractivity contribution in [3.8, 4) is 5.75 Å². The number of nitrogen functional groups attached to an aromatic ring is 1. The number of halogens is 3. The Labute approximate surface area is 95.1 Å². The topological polar surface area (TPSA) is 61.5 Å². The summed E-state index contributed by atoms with van der Waals surface area (Å²) in [5.41, 5.74) is 3.64. The van der Waals surface area contributed by atoms with Gasteiger partial charge in [-0.15, -0.1) is 0 Å². The third kappa shape index (κ3) is 2.61. The Balaban J connectivity index is 3.52. The lowest BCUT2D eigenvalue weighted by Crippen LogP contribution is -2.13. The molecule has 0 saturated heterocycles. The van der Waals surface area contributed by atoms with E-state index in [1.54, 1.807) is 0 Å². The van der Waals surface area contributed by atoms with Crippen LogP contribution in [0.5, 0.6) is 5.75 Å². The van der Waals surface area contributed by atoms with Gasteiger partial charge in [-0.2, -0.15) is 13.2 Å². The van der Waals surface area contributed by atoms with Crippen molar-refractivity contribution in [3.05, 3.63) is 23.3 Å². The van der Waals surface area contributed by atoms with Crippen LogP contribution in [0.2, 0.25) is 0 Å². The summed E-state index contributed by atoms with van der Waals surface area (Å²) in [5.74, 6) is -1.54. The van der Waals surface area contributed by atoms with Crippen molar-refractivity contribution in [1.29, 1.82) is 0 Å². The first-order chi connectivity index (χ1) is 7.81. The largest absolute Gasteiger partial charge is 0.495 e. The van der Waals surface area contributed by atoms with E-state index in [1.807, 2.05) is 0 Å². The van der Waals surface area contributed by atoms with Crippen LogP contribution in [-0.2, 0) is 10.9 Å². The fourth-order valence-corrected chi connectivity index (χ4v) is 1.34. The molecule has 17 heavy (non-hydrogen) atoms. The van der Waals surface area contributed by atoms with Crippen molar-refractivity contribution in [2.75, 3.05) is 20.0 Å². The lowest BCUT2D eigenvalue weighted by molar-refractivity contribution is -0.138. The second kappa shape index (κ2) is 4.52. The second-order valence-corrected chi connectivity index (χ2v) is 3.14. The van der Waals surface area contributed by atoms with E-state index in [4.69, 9.17) is 5.73 Å². The van der Waals surface area contributed by atoms with Crippen LogP contribution in [-0.4, -0.2) is 20.2 Å². The first kappa shape index (κ1) is 13.1. The molecule has 94 valence electrons. The van der Waals surface area contributed by atoms with Gasteiger partial charge in [0.25, 0.3) is 0 Å². The molecule has 0 aliphatic heterocycles. The summed E-state index contributed by atoms with van der Waals surface area (Å²) >= 11 is 0. The fourth-order valence-electron chi connectivity index (χ4n) is 1.34. The van der Waals surface area contributed by atoms with E-state index in [0.29, 0.717) is 6.07 Å². The van der Waals surface area contributed by atoms with Gasteiger partial charge in [0.2, 0.25) is 0 Å². The lowest BCUT2D eigenvalue weighted by atomic mass is 10.1. The van der Waals surface area contributed by atoms with Crippen molar-refractivity contribution < 1.29 is 27.4 Å². The molecule has 0 heterocycles. The molecule has 0 saturated carbocycles. The predicted molar refractivity (Wildman–Crippen MR) is 53.7 cm³/mol. The Bertz CT molecular complexity index is 443. The zero-order valence-corrected chi connectivity index (χ0v) is 9.09. The summed E-state index contributed by atoms with van der Waals surface area (Å²) in [4.78, 5) is 11.3. The zero-order valence-electron chi connectivity index (χ0n) is 9.09. The summed E-state index contributed by atoms with van der Waals surface area (Å²) in [6.07, 6.45) is -4.66. The van der Waals surface area contributed by atoms with Gasteiger partial charge >= 0.3 is 12.1 Å². The first-order valence-electron chi connectivity index (χ1n) is 4.44. The molecule has 7 heteroatoms. The fraction of sp³-hybridized carbons (Fsp3) is 0.300. The number of rotatable bonds is 2. The first-order valence-corrected chi connectivity index (χ1v) is 4.44. The molecule has 1 rings (SSSR count). The van der Waals surface area contributed by atoms with E-state index in [1.165, 1.54) is 0 Å². The van der Waals surface area contributed by atoms with Gasteiger partial charge < -0.3 is 15.2 Å². The number of hydrogen-bond donors (Lipinski definition) is 1. The van der Waals surface area contributed by atoms with Crippen molar-refractivity contribution in [2.45, 2.75) is 6.18 Å². The molecule has 0 spiro atoms. The summed E-state index contributed by atoms with van der Waals surface area (Å²) in [5, 5.41) is 0. The zero-order chi connectivity index (χ0) is 13.2. The molecule has 0 aliphatic rings. The van der Waals surface area contributed by atoms with Crippen LogP contribution in [0, 0.1) is 0 Å². The van der Waals surface area contributed by atoms with Crippen LogP contribution in [0.15, 0.2) is 12.1 Å². The number of ether oxygens (including phenoxy) is 2. The highest BCUT2D eigenvalue weighted by molar-refractivity contribution is 5.94. The average Bonchev–Trinajstić information content (AvgIpc) is 2.25. The number of nitrogens with two attached hydrogens (primary N) is 1. The van der Waals surface area contributed by atoms with Crippen molar-refractivity contribution in [2.24, 2.45) is 0 Å². The van der Waals surface area contributed by atoms with E-state index in [-0.39, 0.29) is 11.3 Å². The van der Waals surface area contributed by atoms with E-state index < -0.39 is 23.5 Å². The Kier molecular flexibility index (Phi) is 3.50. The maximum atomic E-state index is 12.7. The Morgan fingerprint density at radius 1 is 1.29 bits per heavy atom. The highest BCUT2D eigenvalue weighted by Crippen LogP contribution is 2.39. The predicted octanol–water partition coefficient (Wildman–Crippen LogP) is 2.08. The van der Waals surface area contributed by atoms with E-state index >= 15 is 0 Å². The Hall–Kier alpha value is -1.92. The SMILES string of the molecule is COC(=O)c1cc(N)cc(C(F)(F)F)c1OC. The normalized spacial score (nSPS) is 11.1. The molecule has 0 bridgehead atoms. The maximum Gasteiger partial charge on any atom is 0.420 e. The smallest absolute Gasteiger partial charge is 0.420 e. The maximum absolute atomic E-state index is 12.7. The molecule has 1 aromatic carbocycles. The summed E-state index contributed by atoms with van der Waals surface area (Å²) in [6, 6.07) is 1.77. The van der Waals surface area contributed by atoms with Gasteiger partial charge in [0.15, 0.2) is 0 Å².